The Kier molecular flexibility index (Phi) is 7.64. The molecule has 0 aliphatic heterocycles. The number of carbonyl (C=O) groups excluding carboxylic acids is 1. The van der Waals surface area contributed by atoms with Crippen molar-refractivity contribution in [2.75, 3.05) is 25.1 Å². The fraction of sp³-hybridized carbons (Fsp3) is 0.455. The molecule has 1 aromatic carbocycles. The minimum absolute atomic E-state index is 0.325. The lowest BCUT2D eigenvalue weighted by Crippen LogP contribution is -2.16. The predicted molar refractivity (Wildman–Crippen MR) is 117 cm³/mol. The number of hydrogen-bond acceptors (Lipinski definition) is 7. The van der Waals surface area contributed by atoms with Crippen LogP contribution in [0.3, 0.4) is 0 Å². The van der Waals surface area contributed by atoms with E-state index in [4.69, 9.17) is 14.2 Å². The molecule has 0 bridgehead atoms. The molecule has 0 saturated heterocycles. The summed E-state index contributed by atoms with van der Waals surface area (Å²) in [4.78, 5) is 21.8. The first kappa shape index (κ1) is 22.3. The Morgan fingerprint density at radius 3 is 2.29 bits per heavy atom. The molecule has 0 aliphatic rings. The van der Waals surface area contributed by atoms with Gasteiger partial charge in [-0.15, -0.1) is 0 Å². The van der Waals surface area contributed by atoms with Crippen LogP contribution in [-0.2, 0) is 6.42 Å². The standard InChI is InChI=1S/C22H29N5O4/c1-5-9-10-16-13-19(27-22(25-16)23-14-24-27)26-21(28)15-11-17(29-6-2)20(31-8-4)18(12-15)30-7-3/h11-14H,5-10H2,1-4H3,(H,26,28). The normalized spacial score (nSPS) is 10.8. The lowest BCUT2D eigenvalue weighted by molar-refractivity contribution is 0.102. The van der Waals surface area contributed by atoms with Gasteiger partial charge in [0.25, 0.3) is 11.7 Å². The maximum absolute atomic E-state index is 13.1. The summed E-state index contributed by atoms with van der Waals surface area (Å²) in [6, 6.07) is 5.14. The molecule has 0 aliphatic carbocycles. The number of nitrogens with zero attached hydrogens (tertiary/aromatic N) is 4. The third-order valence-corrected chi connectivity index (χ3v) is 4.50. The minimum Gasteiger partial charge on any atom is -0.490 e. The summed E-state index contributed by atoms with van der Waals surface area (Å²) in [7, 11) is 0. The van der Waals surface area contributed by atoms with Crippen LogP contribution in [0.2, 0.25) is 0 Å². The smallest absolute Gasteiger partial charge is 0.257 e. The van der Waals surface area contributed by atoms with Crippen LogP contribution < -0.4 is 19.5 Å². The van der Waals surface area contributed by atoms with Crippen molar-refractivity contribution >= 4 is 17.5 Å². The van der Waals surface area contributed by atoms with Crippen molar-refractivity contribution in [3.63, 3.8) is 0 Å². The average molecular weight is 428 g/mol. The number of amides is 1. The highest BCUT2D eigenvalue weighted by Gasteiger charge is 2.19. The van der Waals surface area contributed by atoms with Gasteiger partial charge in [0.15, 0.2) is 11.5 Å². The molecule has 2 heterocycles. The second-order valence-corrected chi connectivity index (χ2v) is 6.76. The van der Waals surface area contributed by atoms with Gasteiger partial charge >= 0.3 is 0 Å². The van der Waals surface area contributed by atoms with Gasteiger partial charge in [-0.25, -0.2) is 4.98 Å². The number of carbonyl (C=O) groups is 1. The van der Waals surface area contributed by atoms with E-state index in [-0.39, 0.29) is 5.91 Å². The van der Waals surface area contributed by atoms with E-state index in [1.165, 1.54) is 10.8 Å². The van der Waals surface area contributed by atoms with Gasteiger partial charge in [-0.3, -0.25) is 4.79 Å². The number of aryl methyl sites for hydroxylation is 1. The van der Waals surface area contributed by atoms with E-state index < -0.39 is 0 Å². The number of hydrogen-bond donors (Lipinski definition) is 1. The van der Waals surface area contributed by atoms with E-state index in [1.54, 1.807) is 12.1 Å². The Bertz CT molecular complexity index is 1010. The molecule has 166 valence electrons. The van der Waals surface area contributed by atoms with E-state index in [1.807, 2.05) is 26.8 Å². The SMILES string of the molecule is CCCCc1cc(NC(=O)c2cc(OCC)c(OCC)c(OCC)c2)n2ncnc2n1. The molecule has 0 atom stereocenters. The van der Waals surface area contributed by atoms with E-state index in [2.05, 4.69) is 27.3 Å². The summed E-state index contributed by atoms with van der Waals surface area (Å²) in [5.41, 5.74) is 1.24. The molecule has 0 saturated carbocycles. The molecule has 3 aromatic rings. The Labute approximate surface area is 181 Å². The highest BCUT2D eigenvalue weighted by molar-refractivity contribution is 6.04. The van der Waals surface area contributed by atoms with Crippen molar-refractivity contribution in [2.45, 2.75) is 47.0 Å². The number of fused-ring (bicyclic) bond motifs is 1. The van der Waals surface area contributed by atoms with Crippen LogP contribution >= 0.6 is 0 Å². The molecule has 0 spiro atoms. The number of ether oxygens (including phenoxy) is 3. The molecule has 9 nitrogen and oxygen atoms in total. The molecular weight excluding hydrogens is 398 g/mol. The summed E-state index contributed by atoms with van der Waals surface area (Å²) in [6.45, 7) is 9.07. The summed E-state index contributed by atoms with van der Waals surface area (Å²) >= 11 is 0. The van der Waals surface area contributed by atoms with Crippen molar-refractivity contribution in [1.29, 1.82) is 0 Å². The molecule has 9 heteroatoms. The highest BCUT2D eigenvalue weighted by atomic mass is 16.5. The first-order chi connectivity index (χ1) is 15.1. The van der Waals surface area contributed by atoms with E-state index in [0.29, 0.717) is 54.2 Å². The van der Waals surface area contributed by atoms with Gasteiger partial charge in [-0.1, -0.05) is 13.3 Å². The molecule has 3 rings (SSSR count). The average Bonchev–Trinajstić information content (AvgIpc) is 3.23. The van der Waals surface area contributed by atoms with Crippen LogP contribution in [0.25, 0.3) is 5.78 Å². The van der Waals surface area contributed by atoms with Crippen LogP contribution in [0.1, 0.15) is 56.6 Å². The van der Waals surface area contributed by atoms with Gasteiger partial charge in [0.05, 0.1) is 19.8 Å². The number of nitrogens with one attached hydrogen (secondary N) is 1. The fourth-order valence-corrected chi connectivity index (χ4v) is 3.14. The van der Waals surface area contributed by atoms with Crippen LogP contribution in [-0.4, -0.2) is 45.3 Å². The first-order valence-corrected chi connectivity index (χ1v) is 10.7. The van der Waals surface area contributed by atoms with Crippen LogP contribution in [0.5, 0.6) is 17.2 Å². The van der Waals surface area contributed by atoms with E-state index in [9.17, 15) is 4.79 Å². The Balaban J connectivity index is 1.96. The van der Waals surface area contributed by atoms with Crippen molar-refractivity contribution < 1.29 is 19.0 Å². The van der Waals surface area contributed by atoms with Gasteiger partial charge in [0, 0.05) is 17.3 Å². The first-order valence-electron chi connectivity index (χ1n) is 10.7. The third kappa shape index (κ3) is 5.22. The monoisotopic (exact) mass is 427 g/mol. The second kappa shape index (κ2) is 10.6. The number of rotatable bonds is 11. The van der Waals surface area contributed by atoms with Gasteiger partial charge in [0.1, 0.15) is 12.1 Å². The van der Waals surface area contributed by atoms with Crippen LogP contribution in [0.4, 0.5) is 5.82 Å². The quantitative estimate of drug-likeness (QED) is 0.495. The summed E-state index contributed by atoms with van der Waals surface area (Å²) in [5.74, 6) is 2.04. The summed E-state index contributed by atoms with van der Waals surface area (Å²) < 4.78 is 18.7. The molecule has 2 aromatic heterocycles. The predicted octanol–water partition coefficient (Wildman–Crippen LogP) is 3.92. The van der Waals surface area contributed by atoms with Gasteiger partial charge < -0.3 is 19.5 Å². The van der Waals surface area contributed by atoms with Gasteiger partial charge in [-0.05, 0) is 45.7 Å². The fourth-order valence-electron chi connectivity index (χ4n) is 3.14. The third-order valence-electron chi connectivity index (χ3n) is 4.50. The Morgan fingerprint density at radius 1 is 1.00 bits per heavy atom. The van der Waals surface area contributed by atoms with Gasteiger partial charge in [-0.2, -0.15) is 14.6 Å². The van der Waals surface area contributed by atoms with Crippen molar-refractivity contribution in [1.82, 2.24) is 19.6 Å². The van der Waals surface area contributed by atoms with Crippen LogP contribution in [0, 0.1) is 0 Å². The number of anilines is 1. The number of unbranched alkanes of at least 4 members (excludes halogenated alkanes) is 1. The summed E-state index contributed by atoms with van der Waals surface area (Å²) in [6.07, 6.45) is 4.26. The highest BCUT2D eigenvalue weighted by Crippen LogP contribution is 2.39. The molecule has 1 N–H and O–H groups in total. The number of aromatic nitrogens is 4. The van der Waals surface area contributed by atoms with Crippen molar-refractivity contribution in [3.05, 3.63) is 35.8 Å². The van der Waals surface area contributed by atoms with Crippen molar-refractivity contribution in [3.8, 4) is 17.2 Å². The lowest BCUT2D eigenvalue weighted by Gasteiger charge is -2.17. The van der Waals surface area contributed by atoms with E-state index in [0.717, 1.165) is 25.0 Å². The van der Waals surface area contributed by atoms with E-state index >= 15 is 0 Å². The second-order valence-electron chi connectivity index (χ2n) is 6.76. The maximum Gasteiger partial charge on any atom is 0.257 e. The molecule has 0 unspecified atom stereocenters. The van der Waals surface area contributed by atoms with Crippen LogP contribution in [0.15, 0.2) is 24.5 Å². The topological polar surface area (TPSA) is 99.9 Å². The summed E-state index contributed by atoms with van der Waals surface area (Å²) in [5, 5.41) is 7.10. The molecule has 0 fully saturated rings. The zero-order valence-electron chi connectivity index (χ0n) is 18.5. The largest absolute Gasteiger partial charge is 0.490 e. The van der Waals surface area contributed by atoms with Crippen molar-refractivity contribution in [2.24, 2.45) is 0 Å². The zero-order valence-corrected chi connectivity index (χ0v) is 18.5. The lowest BCUT2D eigenvalue weighted by atomic mass is 10.1. The molecule has 1 amide bonds. The Morgan fingerprint density at radius 2 is 1.68 bits per heavy atom. The minimum atomic E-state index is -0.325. The van der Waals surface area contributed by atoms with Gasteiger partial charge in [0.2, 0.25) is 5.75 Å². The maximum atomic E-state index is 13.1. The molecule has 31 heavy (non-hydrogen) atoms. The Hall–Kier alpha value is -3.36. The molecule has 0 radical (unpaired) electrons. The number of benzene rings is 1. The molecular formula is C22H29N5O4. The zero-order chi connectivity index (χ0) is 22.2.